The molecule has 3 rings (SSSR count). The predicted octanol–water partition coefficient (Wildman–Crippen LogP) is 3.36. The molecule has 158 valence electrons. The van der Waals surface area contributed by atoms with Gasteiger partial charge in [0.25, 0.3) is 11.7 Å². The van der Waals surface area contributed by atoms with Crippen molar-refractivity contribution in [3.8, 4) is 0 Å². The summed E-state index contributed by atoms with van der Waals surface area (Å²) in [5.41, 5.74) is 2.53. The number of pyridine rings is 1. The average molecular weight is 408 g/mol. The second-order valence-corrected chi connectivity index (χ2v) is 8.90. The Labute approximate surface area is 177 Å². The highest BCUT2D eigenvalue weighted by Gasteiger charge is 2.45. The SMILES string of the molecule is CN(C)CCN1C(=O)C(=O)/C(=C(/O)c2ccncc2)C1c1ccc(C(C)(C)C)cc1. The molecular weight excluding hydrogens is 378 g/mol. The minimum Gasteiger partial charge on any atom is -0.507 e. The lowest BCUT2D eigenvalue weighted by molar-refractivity contribution is -0.140. The standard InChI is InChI=1S/C24H29N3O3/c1-24(2,3)18-8-6-16(7-9-18)20-19(21(28)17-10-12-25-13-11-17)22(29)23(30)27(20)15-14-26(4)5/h6-13,20,28H,14-15H2,1-5H3/b21-19+. The number of likely N-dealkylation sites (N-methyl/N-ethyl adjacent to an activating group) is 1. The molecular formula is C24H29N3O3. The Morgan fingerprint density at radius 3 is 2.20 bits per heavy atom. The van der Waals surface area contributed by atoms with Crippen LogP contribution in [0, 0.1) is 0 Å². The normalized spacial score (nSPS) is 19.0. The minimum atomic E-state index is -0.659. The highest BCUT2D eigenvalue weighted by Crippen LogP contribution is 2.39. The average Bonchev–Trinajstić information content (AvgIpc) is 2.96. The van der Waals surface area contributed by atoms with Crippen LogP contribution in [-0.4, -0.2) is 58.8 Å². The topological polar surface area (TPSA) is 73.7 Å². The van der Waals surface area contributed by atoms with Gasteiger partial charge in [0.1, 0.15) is 5.76 Å². The van der Waals surface area contributed by atoms with Crippen molar-refractivity contribution in [2.75, 3.05) is 27.2 Å². The summed E-state index contributed by atoms with van der Waals surface area (Å²) in [6, 6.07) is 10.6. The molecule has 6 nitrogen and oxygen atoms in total. The number of aliphatic hydroxyl groups is 1. The van der Waals surface area contributed by atoms with Gasteiger partial charge < -0.3 is 14.9 Å². The number of Topliss-reactive ketones (excluding diaryl/α,β-unsaturated/α-hetero) is 1. The minimum absolute atomic E-state index is 0.0116. The number of hydrogen-bond donors (Lipinski definition) is 1. The number of benzene rings is 1. The van der Waals surface area contributed by atoms with E-state index in [0.717, 1.165) is 11.1 Å². The predicted molar refractivity (Wildman–Crippen MR) is 117 cm³/mol. The van der Waals surface area contributed by atoms with E-state index in [2.05, 4.69) is 25.8 Å². The molecule has 0 saturated carbocycles. The molecule has 1 unspecified atom stereocenters. The van der Waals surface area contributed by atoms with Crippen LogP contribution >= 0.6 is 0 Å². The molecule has 0 spiro atoms. The number of nitrogens with zero attached hydrogens (tertiary/aromatic N) is 3. The second kappa shape index (κ2) is 8.40. The van der Waals surface area contributed by atoms with Gasteiger partial charge in [-0.3, -0.25) is 14.6 Å². The summed E-state index contributed by atoms with van der Waals surface area (Å²) >= 11 is 0. The monoisotopic (exact) mass is 407 g/mol. The Morgan fingerprint density at radius 2 is 1.67 bits per heavy atom. The number of carbonyl (C=O) groups is 2. The van der Waals surface area contributed by atoms with Crippen LogP contribution in [-0.2, 0) is 15.0 Å². The molecule has 1 N–H and O–H groups in total. The lowest BCUT2D eigenvalue weighted by Gasteiger charge is -2.27. The van der Waals surface area contributed by atoms with Crippen molar-refractivity contribution >= 4 is 17.4 Å². The van der Waals surface area contributed by atoms with Crippen molar-refractivity contribution in [2.45, 2.75) is 32.2 Å². The number of ketones is 1. The summed E-state index contributed by atoms with van der Waals surface area (Å²) in [7, 11) is 3.83. The van der Waals surface area contributed by atoms with Crippen molar-refractivity contribution in [1.82, 2.24) is 14.8 Å². The summed E-state index contributed by atoms with van der Waals surface area (Å²) in [5, 5.41) is 11.0. The molecule has 2 aromatic rings. The van der Waals surface area contributed by atoms with Crippen molar-refractivity contribution in [3.63, 3.8) is 0 Å². The molecule has 0 radical (unpaired) electrons. The summed E-state index contributed by atoms with van der Waals surface area (Å²) < 4.78 is 0. The first-order valence-corrected chi connectivity index (χ1v) is 10.0. The summed E-state index contributed by atoms with van der Waals surface area (Å²) in [4.78, 5) is 33.3. The van der Waals surface area contributed by atoms with E-state index in [-0.39, 0.29) is 16.7 Å². The van der Waals surface area contributed by atoms with E-state index in [1.54, 1.807) is 29.4 Å². The van der Waals surface area contributed by atoms with Gasteiger partial charge in [-0.1, -0.05) is 45.0 Å². The molecule has 30 heavy (non-hydrogen) atoms. The van der Waals surface area contributed by atoms with Crippen LogP contribution in [0.4, 0.5) is 0 Å². The molecule has 0 bridgehead atoms. The number of likely N-dealkylation sites (tertiary alicyclic amines) is 1. The maximum absolute atomic E-state index is 12.9. The Kier molecular flexibility index (Phi) is 6.08. The number of aromatic nitrogens is 1. The largest absolute Gasteiger partial charge is 0.507 e. The number of aliphatic hydroxyl groups excluding tert-OH is 1. The van der Waals surface area contributed by atoms with Crippen LogP contribution in [0.5, 0.6) is 0 Å². The highest BCUT2D eigenvalue weighted by atomic mass is 16.3. The molecule has 1 aliphatic heterocycles. The van der Waals surface area contributed by atoms with E-state index < -0.39 is 17.7 Å². The number of hydrogen-bond acceptors (Lipinski definition) is 5. The first-order valence-electron chi connectivity index (χ1n) is 10.0. The van der Waals surface area contributed by atoms with Gasteiger partial charge in [0.2, 0.25) is 0 Å². The summed E-state index contributed by atoms with van der Waals surface area (Å²) in [5.74, 6) is -1.42. The van der Waals surface area contributed by atoms with E-state index in [1.807, 2.05) is 43.3 Å². The molecule has 1 fully saturated rings. The van der Waals surface area contributed by atoms with Gasteiger partial charge in [0.05, 0.1) is 11.6 Å². The zero-order valence-electron chi connectivity index (χ0n) is 18.2. The van der Waals surface area contributed by atoms with Crippen LogP contribution in [0.2, 0.25) is 0 Å². The van der Waals surface area contributed by atoms with Crippen molar-refractivity contribution in [1.29, 1.82) is 0 Å². The van der Waals surface area contributed by atoms with Crippen LogP contribution in [0.25, 0.3) is 5.76 Å². The van der Waals surface area contributed by atoms with Gasteiger partial charge in [-0.05, 0) is 42.8 Å². The highest BCUT2D eigenvalue weighted by molar-refractivity contribution is 6.46. The molecule has 1 atom stereocenters. The third-order valence-corrected chi connectivity index (χ3v) is 5.37. The fourth-order valence-electron chi connectivity index (χ4n) is 3.60. The first kappa shape index (κ1) is 21.7. The van der Waals surface area contributed by atoms with Gasteiger partial charge in [0, 0.05) is 31.0 Å². The van der Waals surface area contributed by atoms with Crippen LogP contribution < -0.4 is 0 Å². The van der Waals surface area contributed by atoms with Gasteiger partial charge in [-0.2, -0.15) is 0 Å². The lowest BCUT2D eigenvalue weighted by Crippen LogP contribution is -2.35. The second-order valence-electron chi connectivity index (χ2n) is 8.90. The molecule has 1 saturated heterocycles. The zero-order valence-corrected chi connectivity index (χ0v) is 18.2. The van der Waals surface area contributed by atoms with Gasteiger partial charge in [-0.25, -0.2) is 0 Å². The Balaban J connectivity index is 2.12. The smallest absolute Gasteiger partial charge is 0.295 e. The van der Waals surface area contributed by atoms with Gasteiger partial charge in [-0.15, -0.1) is 0 Å². The molecule has 1 aromatic heterocycles. The number of amides is 1. The zero-order chi connectivity index (χ0) is 22.1. The molecule has 1 aromatic carbocycles. The van der Waals surface area contributed by atoms with Crippen molar-refractivity contribution in [3.05, 3.63) is 71.1 Å². The molecule has 1 amide bonds. The Morgan fingerprint density at radius 1 is 1.07 bits per heavy atom. The van der Waals surface area contributed by atoms with Crippen LogP contribution in [0.3, 0.4) is 0 Å². The maximum atomic E-state index is 12.9. The van der Waals surface area contributed by atoms with Crippen molar-refractivity contribution < 1.29 is 14.7 Å². The lowest BCUT2D eigenvalue weighted by atomic mass is 9.85. The number of rotatable bonds is 5. The maximum Gasteiger partial charge on any atom is 0.295 e. The van der Waals surface area contributed by atoms with Gasteiger partial charge >= 0.3 is 0 Å². The molecule has 0 aliphatic carbocycles. The fraction of sp³-hybridized carbons (Fsp3) is 0.375. The molecule has 1 aliphatic rings. The summed E-state index contributed by atoms with van der Waals surface area (Å²) in [6.45, 7) is 7.40. The number of carbonyl (C=O) groups excluding carboxylic acids is 2. The van der Waals surface area contributed by atoms with E-state index in [0.29, 0.717) is 18.7 Å². The third-order valence-electron chi connectivity index (χ3n) is 5.37. The molecule has 6 heteroatoms. The Hall–Kier alpha value is -2.99. The molecule has 2 heterocycles. The third kappa shape index (κ3) is 4.28. The van der Waals surface area contributed by atoms with Gasteiger partial charge in [0.15, 0.2) is 0 Å². The fourth-order valence-corrected chi connectivity index (χ4v) is 3.60. The quantitative estimate of drug-likeness (QED) is 0.467. The van der Waals surface area contributed by atoms with E-state index in [4.69, 9.17) is 0 Å². The van der Waals surface area contributed by atoms with Crippen LogP contribution in [0.1, 0.15) is 43.5 Å². The van der Waals surface area contributed by atoms with E-state index in [1.165, 1.54) is 0 Å². The summed E-state index contributed by atoms with van der Waals surface area (Å²) in [6.07, 6.45) is 3.09. The van der Waals surface area contributed by atoms with Crippen molar-refractivity contribution in [2.24, 2.45) is 0 Å². The Bertz CT molecular complexity index is 957. The van der Waals surface area contributed by atoms with E-state index in [9.17, 15) is 14.7 Å². The van der Waals surface area contributed by atoms with Crippen LogP contribution in [0.15, 0.2) is 54.4 Å². The first-order chi connectivity index (χ1) is 14.1. The van der Waals surface area contributed by atoms with E-state index >= 15 is 0 Å².